The van der Waals surface area contributed by atoms with E-state index >= 15 is 0 Å². The molecule has 0 amide bonds. The smallest absolute Gasteiger partial charge is 0.372 e. The van der Waals surface area contributed by atoms with E-state index in [1.54, 1.807) is 0 Å². The van der Waals surface area contributed by atoms with E-state index in [4.69, 9.17) is 4.74 Å². The number of anilines is 1. The molecule has 1 fully saturated rings. The molecule has 0 saturated carbocycles. The minimum atomic E-state index is -0.499. The number of ether oxygens (including phenoxy) is 1. The van der Waals surface area contributed by atoms with Crippen molar-refractivity contribution >= 4 is 11.5 Å². The van der Waals surface area contributed by atoms with E-state index in [9.17, 15) is 10.1 Å². The Morgan fingerprint density at radius 3 is 3.00 bits per heavy atom. The first-order valence-electron chi connectivity index (χ1n) is 5.65. The molecule has 0 bridgehead atoms. The highest BCUT2D eigenvalue weighted by atomic mass is 16.6. The minimum absolute atomic E-state index is 0.00353. The van der Waals surface area contributed by atoms with Gasteiger partial charge in [0, 0.05) is 25.7 Å². The van der Waals surface area contributed by atoms with E-state index in [1.807, 2.05) is 11.8 Å². The van der Waals surface area contributed by atoms with Crippen LogP contribution in [0.25, 0.3) is 0 Å². The Morgan fingerprint density at radius 2 is 2.39 bits per heavy atom. The van der Waals surface area contributed by atoms with Crippen molar-refractivity contribution in [1.29, 1.82) is 0 Å². The molecule has 8 heteroatoms. The summed E-state index contributed by atoms with van der Waals surface area (Å²) in [5.74, 6) is 0.316. The molecule has 98 valence electrons. The zero-order valence-corrected chi connectivity index (χ0v) is 10.3. The van der Waals surface area contributed by atoms with Crippen LogP contribution in [0.3, 0.4) is 0 Å². The molecular weight excluding hydrogens is 238 g/mol. The molecule has 18 heavy (non-hydrogen) atoms. The van der Waals surface area contributed by atoms with E-state index in [2.05, 4.69) is 15.3 Å². The second kappa shape index (κ2) is 5.13. The molecule has 0 radical (unpaired) electrons. The average Bonchev–Trinajstić information content (AvgIpc) is 2.37. The molecule has 1 saturated heterocycles. The number of nitro groups is 1. The van der Waals surface area contributed by atoms with E-state index in [1.165, 1.54) is 13.4 Å². The second-order valence-corrected chi connectivity index (χ2v) is 4.11. The molecule has 1 aliphatic heterocycles. The lowest BCUT2D eigenvalue weighted by atomic mass is 10.2. The van der Waals surface area contributed by atoms with Gasteiger partial charge in [0.15, 0.2) is 0 Å². The Hall–Kier alpha value is -1.96. The summed E-state index contributed by atoms with van der Waals surface area (Å²) in [7, 11) is 1.36. The van der Waals surface area contributed by atoms with Crippen LogP contribution in [-0.2, 0) is 0 Å². The van der Waals surface area contributed by atoms with Crippen molar-refractivity contribution in [3.63, 3.8) is 0 Å². The number of hydrogen-bond donors (Lipinski definition) is 1. The standard InChI is InChI=1S/C10H15N5O3/c1-7-5-14(4-3-11-7)9-8(15(16)17)10(18-2)13-6-12-9/h6-7,11H,3-5H2,1-2H3/t7-/m1/s1. The lowest BCUT2D eigenvalue weighted by Crippen LogP contribution is -2.49. The normalized spacial score (nSPS) is 19.7. The lowest BCUT2D eigenvalue weighted by Gasteiger charge is -2.32. The number of hydrogen-bond acceptors (Lipinski definition) is 7. The predicted molar refractivity (Wildman–Crippen MR) is 64.9 cm³/mol. The summed E-state index contributed by atoms with van der Waals surface area (Å²) in [4.78, 5) is 20.3. The molecule has 0 unspecified atom stereocenters. The quantitative estimate of drug-likeness (QED) is 0.607. The Bertz CT molecular complexity index is 453. The summed E-state index contributed by atoms with van der Waals surface area (Å²) in [5, 5.41) is 14.4. The molecule has 2 heterocycles. The van der Waals surface area contributed by atoms with Crippen LogP contribution in [0.4, 0.5) is 11.5 Å². The molecule has 1 aromatic heterocycles. The van der Waals surface area contributed by atoms with Crippen LogP contribution in [0.5, 0.6) is 5.88 Å². The summed E-state index contributed by atoms with van der Waals surface area (Å²) < 4.78 is 4.93. The number of methoxy groups -OCH3 is 1. The zero-order chi connectivity index (χ0) is 13.1. The molecule has 1 atom stereocenters. The van der Waals surface area contributed by atoms with E-state index in [-0.39, 0.29) is 17.6 Å². The van der Waals surface area contributed by atoms with Gasteiger partial charge in [-0.25, -0.2) is 4.98 Å². The van der Waals surface area contributed by atoms with Gasteiger partial charge in [0.2, 0.25) is 5.82 Å². The van der Waals surface area contributed by atoms with Gasteiger partial charge in [0.05, 0.1) is 12.0 Å². The van der Waals surface area contributed by atoms with Crippen molar-refractivity contribution in [1.82, 2.24) is 15.3 Å². The lowest BCUT2D eigenvalue weighted by molar-refractivity contribution is -0.385. The first kappa shape index (κ1) is 12.5. The van der Waals surface area contributed by atoms with Gasteiger partial charge in [0.1, 0.15) is 6.33 Å². The number of nitrogens with one attached hydrogen (secondary N) is 1. The fourth-order valence-electron chi connectivity index (χ4n) is 2.02. The maximum atomic E-state index is 11.1. The summed E-state index contributed by atoms with van der Waals surface area (Å²) in [6, 6.07) is 0.263. The third kappa shape index (κ3) is 2.33. The van der Waals surface area contributed by atoms with Crippen molar-refractivity contribution < 1.29 is 9.66 Å². The number of piperazine rings is 1. The predicted octanol–water partition coefficient (Wildman–Crippen LogP) is 0.192. The Morgan fingerprint density at radius 1 is 1.61 bits per heavy atom. The Kier molecular flexibility index (Phi) is 3.56. The highest BCUT2D eigenvalue weighted by Crippen LogP contribution is 2.33. The molecular formula is C10H15N5O3. The van der Waals surface area contributed by atoms with Gasteiger partial charge in [0.25, 0.3) is 5.88 Å². The SMILES string of the molecule is COc1ncnc(N2CCN[C@H](C)C2)c1[N+](=O)[O-]. The van der Waals surface area contributed by atoms with E-state index < -0.39 is 4.92 Å². The zero-order valence-electron chi connectivity index (χ0n) is 10.3. The first-order valence-corrected chi connectivity index (χ1v) is 5.65. The number of aromatic nitrogens is 2. The third-order valence-corrected chi connectivity index (χ3v) is 2.81. The van der Waals surface area contributed by atoms with Gasteiger partial charge >= 0.3 is 5.69 Å². The summed E-state index contributed by atoms with van der Waals surface area (Å²) >= 11 is 0. The summed E-state index contributed by atoms with van der Waals surface area (Å²) in [5.41, 5.74) is -0.172. The summed E-state index contributed by atoms with van der Waals surface area (Å²) in [6.45, 7) is 4.13. The molecule has 8 nitrogen and oxygen atoms in total. The van der Waals surface area contributed by atoms with Crippen LogP contribution in [0.15, 0.2) is 6.33 Å². The van der Waals surface area contributed by atoms with Gasteiger partial charge in [-0.05, 0) is 6.92 Å². The van der Waals surface area contributed by atoms with Crippen LogP contribution in [0, 0.1) is 10.1 Å². The molecule has 0 aliphatic carbocycles. The fraction of sp³-hybridized carbons (Fsp3) is 0.600. The third-order valence-electron chi connectivity index (χ3n) is 2.81. The van der Waals surface area contributed by atoms with Gasteiger partial charge in [-0.1, -0.05) is 0 Å². The maximum absolute atomic E-state index is 11.1. The van der Waals surface area contributed by atoms with Gasteiger partial charge < -0.3 is 15.0 Å². The molecule has 1 aliphatic rings. The van der Waals surface area contributed by atoms with Crippen LogP contribution >= 0.6 is 0 Å². The van der Waals surface area contributed by atoms with Crippen LogP contribution in [0.1, 0.15) is 6.92 Å². The van der Waals surface area contributed by atoms with E-state index in [0.29, 0.717) is 18.9 Å². The van der Waals surface area contributed by atoms with Gasteiger partial charge in [-0.2, -0.15) is 4.98 Å². The highest BCUT2D eigenvalue weighted by Gasteiger charge is 2.29. The average molecular weight is 253 g/mol. The van der Waals surface area contributed by atoms with Crippen molar-refractivity contribution in [3.05, 3.63) is 16.4 Å². The monoisotopic (exact) mass is 253 g/mol. The second-order valence-electron chi connectivity index (χ2n) is 4.11. The largest absolute Gasteiger partial charge is 0.476 e. The fourth-order valence-corrected chi connectivity index (χ4v) is 2.02. The van der Waals surface area contributed by atoms with Crippen LogP contribution < -0.4 is 15.0 Å². The van der Waals surface area contributed by atoms with Crippen molar-refractivity contribution in [2.24, 2.45) is 0 Å². The van der Waals surface area contributed by atoms with Crippen molar-refractivity contribution in [2.45, 2.75) is 13.0 Å². The molecule has 1 N–H and O–H groups in total. The van der Waals surface area contributed by atoms with Gasteiger partial charge in [-0.3, -0.25) is 10.1 Å². The van der Waals surface area contributed by atoms with Gasteiger partial charge in [-0.15, -0.1) is 0 Å². The molecule has 2 rings (SSSR count). The van der Waals surface area contributed by atoms with Crippen molar-refractivity contribution in [2.75, 3.05) is 31.6 Å². The maximum Gasteiger partial charge on any atom is 0.372 e. The highest BCUT2D eigenvalue weighted by molar-refractivity contribution is 5.63. The minimum Gasteiger partial charge on any atom is -0.476 e. The Balaban J connectivity index is 2.40. The topological polar surface area (TPSA) is 93.4 Å². The number of nitrogens with zero attached hydrogens (tertiary/aromatic N) is 4. The Labute approximate surface area is 104 Å². The first-order chi connectivity index (χ1) is 8.63. The number of rotatable bonds is 3. The molecule has 0 spiro atoms. The summed E-state index contributed by atoms with van der Waals surface area (Å²) in [6.07, 6.45) is 1.29. The van der Waals surface area contributed by atoms with Crippen LogP contribution in [-0.4, -0.2) is 47.7 Å². The molecule has 0 aromatic carbocycles. The van der Waals surface area contributed by atoms with Crippen molar-refractivity contribution in [3.8, 4) is 5.88 Å². The van der Waals surface area contributed by atoms with E-state index in [0.717, 1.165) is 6.54 Å². The molecule has 1 aromatic rings. The van der Waals surface area contributed by atoms with Crippen LogP contribution in [0.2, 0.25) is 0 Å².